The van der Waals surface area contributed by atoms with Crippen LogP contribution in [0.5, 0.6) is 11.5 Å². The standard InChI is InChI=1S/C22H19ClN4O4S/c1-15-17(23)8-5-9-20(15)32(28,29)27-22-19(14-18-21(26-22)25-11-10-24-18)31-13-12-30-16-6-3-2-4-7-16/h2-11,14H,12-13H2,1H3,(H,25,26,27). The van der Waals surface area contributed by atoms with Gasteiger partial charge in [-0.2, -0.15) is 0 Å². The fraction of sp³-hybridized carbons (Fsp3) is 0.136. The molecule has 0 spiro atoms. The summed E-state index contributed by atoms with van der Waals surface area (Å²) in [7, 11) is -3.99. The number of nitrogens with zero attached hydrogens (tertiary/aromatic N) is 3. The molecule has 0 aliphatic carbocycles. The zero-order valence-corrected chi connectivity index (χ0v) is 18.6. The highest BCUT2D eigenvalue weighted by atomic mass is 35.5. The summed E-state index contributed by atoms with van der Waals surface area (Å²) >= 11 is 6.10. The molecule has 0 saturated heterocycles. The summed E-state index contributed by atoms with van der Waals surface area (Å²) in [5.41, 5.74) is 1.18. The van der Waals surface area contributed by atoms with Crippen molar-refractivity contribution in [3.63, 3.8) is 0 Å². The fourth-order valence-corrected chi connectivity index (χ4v) is 4.47. The van der Waals surface area contributed by atoms with E-state index in [4.69, 9.17) is 21.1 Å². The molecule has 0 fully saturated rings. The molecular formula is C22H19ClN4O4S. The van der Waals surface area contributed by atoms with Gasteiger partial charge in [0.2, 0.25) is 0 Å². The Morgan fingerprint density at radius 1 is 0.969 bits per heavy atom. The molecule has 2 aromatic carbocycles. The lowest BCUT2D eigenvalue weighted by Gasteiger charge is -2.15. The molecule has 8 nitrogen and oxygen atoms in total. The van der Waals surface area contributed by atoms with Gasteiger partial charge in [-0.1, -0.05) is 35.9 Å². The maximum absolute atomic E-state index is 13.1. The molecule has 2 heterocycles. The van der Waals surface area contributed by atoms with E-state index in [1.54, 1.807) is 25.1 Å². The maximum atomic E-state index is 13.1. The first-order valence-electron chi connectivity index (χ1n) is 9.64. The third kappa shape index (κ3) is 4.90. The topological polar surface area (TPSA) is 103 Å². The van der Waals surface area contributed by atoms with Crippen molar-refractivity contribution < 1.29 is 17.9 Å². The van der Waals surface area contributed by atoms with E-state index in [9.17, 15) is 8.42 Å². The highest BCUT2D eigenvalue weighted by molar-refractivity contribution is 7.92. The molecule has 2 aromatic heterocycles. The Morgan fingerprint density at radius 3 is 2.53 bits per heavy atom. The van der Waals surface area contributed by atoms with Crippen LogP contribution in [0.2, 0.25) is 5.02 Å². The molecule has 0 saturated carbocycles. The van der Waals surface area contributed by atoms with Gasteiger partial charge in [-0.05, 0) is 36.8 Å². The van der Waals surface area contributed by atoms with Crippen molar-refractivity contribution in [3.05, 3.63) is 77.6 Å². The smallest absolute Gasteiger partial charge is 0.263 e. The van der Waals surface area contributed by atoms with Crippen LogP contribution in [-0.2, 0) is 10.0 Å². The monoisotopic (exact) mass is 470 g/mol. The van der Waals surface area contributed by atoms with E-state index in [1.807, 2.05) is 30.3 Å². The summed E-state index contributed by atoms with van der Waals surface area (Å²) in [4.78, 5) is 12.7. The summed E-state index contributed by atoms with van der Waals surface area (Å²) in [6, 6.07) is 15.5. The molecule has 1 N–H and O–H groups in total. The van der Waals surface area contributed by atoms with E-state index in [0.29, 0.717) is 21.9 Å². The highest BCUT2D eigenvalue weighted by Crippen LogP contribution is 2.30. The van der Waals surface area contributed by atoms with Crippen LogP contribution in [0, 0.1) is 6.92 Å². The second kappa shape index (κ2) is 9.37. The number of pyridine rings is 1. The van der Waals surface area contributed by atoms with Crippen LogP contribution in [0.25, 0.3) is 11.2 Å². The number of aromatic nitrogens is 3. The van der Waals surface area contributed by atoms with E-state index in [1.165, 1.54) is 18.5 Å². The highest BCUT2D eigenvalue weighted by Gasteiger charge is 2.22. The summed E-state index contributed by atoms with van der Waals surface area (Å²) < 4.78 is 40.0. The van der Waals surface area contributed by atoms with Crippen molar-refractivity contribution in [1.82, 2.24) is 15.0 Å². The SMILES string of the molecule is Cc1c(Cl)cccc1S(=O)(=O)Nc1nc2nccnc2cc1OCCOc1ccccc1. The molecular weight excluding hydrogens is 452 g/mol. The van der Waals surface area contributed by atoms with Gasteiger partial charge in [-0.15, -0.1) is 0 Å². The molecule has 0 aliphatic rings. The number of rotatable bonds is 8. The Kier molecular flexibility index (Phi) is 6.38. The lowest BCUT2D eigenvalue weighted by Crippen LogP contribution is -2.17. The minimum Gasteiger partial charge on any atom is -0.490 e. The number of para-hydroxylation sites is 1. The molecule has 4 aromatic rings. The van der Waals surface area contributed by atoms with E-state index in [2.05, 4.69) is 19.7 Å². The van der Waals surface area contributed by atoms with Crippen molar-refractivity contribution in [1.29, 1.82) is 0 Å². The van der Waals surface area contributed by atoms with Gasteiger partial charge in [0.15, 0.2) is 17.2 Å². The van der Waals surface area contributed by atoms with Gasteiger partial charge >= 0.3 is 0 Å². The first-order valence-corrected chi connectivity index (χ1v) is 11.5. The van der Waals surface area contributed by atoms with Gasteiger partial charge in [-0.3, -0.25) is 9.71 Å². The third-order valence-corrected chi connectivity index (χ3v) is 6.41. The quantitative estimate of drug-likeness (QED) is 0.384. The Hall–Kier alpha value is -3.43. The van der Waals surface area contributed by atoms with Crippen molar-refractivity contribution in [2.24, 2.45) is 0 Å². The molecule has 0 bridgehead atoms. The molecule has 0 amide bonds. The molecule has 32 heavy (non-hydrogen) atoms. The van der Waals surface area contributed by atoms with Crippen LogP contribution < -0.4 is 14.2 Å². The molecule has 0 unspecified atom stereocenters. The van der Waals surface area contributed by atoms with Gasteiger partial charge in [0.25, 0.3) is 10.0 Å². The number of hydrogen-bond donors (Lipinski definition) is 1. The van der Waals surface area contributed by atoms with Gasteiger partial charge in [0.05, 0.1) is 4.90 Å². The molecule has 4 rings (SSSR count). The molecule has 10 heteroatoms. The van der Waals surface area contributed by atoms with Crippen molar-refractivity contribution in [3.8, 4) is 11.5 Å². The zero-order chi connectivity index (χ0) is 22.6. The largest absolute Gasteiger partial charge is 0.490 e. The average molecular weight is 471 g/mol. The number of ether oxygens (including phenoxy) is 2. The second-order valence-electron chi connectivity index (χ2n) is 6.71. The number of nitrogens with one attached hydrogen (secondary N) is 1. The number of halogens is 1. The average Bonchev–Trinajstić information content (AvgIpc) is 2.79. The number of hydrogen-bond acceptors (Lipinski definition) is 7. The van der Waals surface area contributed by atoms with Crippen LogP contribution in [-0.4, -0.2) is 36.6 Å². The fourth-order valence-electron chi connectivity index (χ4n) is 2.95. The van der Waals surface area contributed by atoms with Gasteiger partial charge in [-0.25, -0.2) is 18.4 Å². The van der Waals surface area contributed by atoms with Crippen LogP contribution in [0.15, 0.2) is 71.9 Å². The lowest BCUT2D eigenvalue weighted by atomic mass is 10.2. The Morgan fingerprint density at radius 2 is 1.72 bits per heavy atom. The third-order valence-electron chi connectivity index (χ3n) is 4.52. The summed E-state index contributed by atoms with van der Waals surface area (Å²) in [5, 5.41) is 0.347. The first kappa shape index (κ1) is 21.8. The first-order chi connectivity index (χ1) is 15.4. The molecule has 0 atom stereocenters. The predicted molar refractivity (Wildman–Crippen MR) is 122 cm³/mol. The van der Waals surface area contributed by atoms with Gasteiger partial charge in [0, 0.05) is 23.5 Å². The van der Waals surface area contributed by atoms with Crippen LogP contribution in [0.4, 0.5) is 5.82 Å². The van der Waals surface area contributed by atoms with E-state index < -0.39 is 10.0 Å². The summed E-state index contributed by atoms with van der Waals surface area (Å²) in [5.74, 6) is 0.908. The van der Waals surface area contributed by atoms with Gasteiger partial charge in [0.1, 0.15) is 24.5 Å². The van der Waals surface area contributed by atoms with E-state index >= 15 is 0 Å². The minimum absolute atomic E-state index is 0.00270. The van der Waals surface area contributed by atoms with Gasteiger partial charge < -0.3 is 9.47 Å². The Balaban J connectivity index is 1.60. The Labute approximate surface area is 190 Å². The molecule has 0 aliphatic heterocycles. The number of sulfonamides is 1. The zero-order valence-electron chi connectivity index (χ0n) is 17.0. The van der Waals surface area contributed by atoms with Crippen LogP contribution in [0.3, 0.4) is 0 Å². The second-order valence-corrected chi connectivity index (χ2v) is 8.77. The number of anilines is 1. The van der Waals surface area contributed by atoms with Crippen molar-refractivity contribution in [2.75, 3.05) is 17.9 Å². The molecule has 164 valence electrons. The summed E-state index contributed by atoms with van der Waals surface area (Å²) in [6.45, 7) is 2.05. The molecule has 0 radical (unpaired) electrons. The lowest BCUT2D eigenvalue weighted by molar-refractivity contribution is 0.217. The Bertz CT molecular complexity index is 1350. The van der Waals surface area contributed by atoms with Crippen molar-refractivity contribution in [2.45, 2.75) is 11.8 Å². The van der Waals surface area contributed by atoms with E-state index in [-0.39, 0.29) is 35.3 Å². The number of benzene rings is 2. The van der Waals surface area contributed by atoms with E-state index in [0.717, 1.165) is 0 Å². The van der Waals surface area contributed by atoms with Crippen LogP contribution >= 0.6 is 11.6 Å². The minimum atomic E-state index is -3.99. The van der Waals surface area contributed by atoms with Crippen LogP contribution in [0.1, 0.15) is 5.56 Å². The van der Waals surface area contributed by atoms with Crippen molar-refractivity contribution >= 4 is 38.6 Å². The normalized spacial score (nSPS) is 11.3. The number of fused-ring (bicyclic) bond motifs is 1. The maximum Gasteiger partial charge on any atom is 0.263 e. The predicted octanol–water partition coefficient (Wildman–Crippen LogP) is 4.25. The summed E-state index contributed by atoms with van der Waals surface area (Å²) in [6.07, 6.45) is 2.99.